The van der Waals surface area contributed by atoms with Crippen molar-refractivity contribution in [2.75, 3.05) is 5.01 Å². The van der Waals surface area contributed by atoms with Crippen LogP contribution in [0.25, 0.3) is 0 Å². The molecule has 1 saturated heterocycles. The van der Waals surface area contributed by atoms with Crippen molar-refractivity contribution in [1.82, 2.24) is 5.01 Å². The van der Waals surface area contributed by atoms with Crippen LogP contribution >= 0.6 is 0 Å². The van der Waals surface area contributed by atoms with E-state index in [1.165, 1.54) is 13.8 Å². The maximum Gasteiger partial charge on any atom is 0.306 e. The molecule has 0 saturated carbocycles. The first-order valence-electron chi connectivity index (χ1n) is 8.20. The van der Waals surface area contributed by atoms with Crippen LogP contribution in [-0.2, 0) is 19.1 Å². The van der Waals surface area contributed by atoms with Gasteiger partial charge < -0.3 is 4.74 Å². The number of amides is 1. The van der Waals surface area contributed by atoms with E-state index in [0.717, 1.165) is 5.69 Å². The monoisotopic (exact) mass is 332 g/mol. The van der Waals surface area contributed by atoms with Gasteiger partial charge in [0.05, 0.1) is 17.8 Å². The van der Waals surface area contributed by atoms with E-state index < -0.39 is 18.1 Å². The molecule has 0 radical (unpaired) electrons. The third-order valence-electron chi connectivity index (χ3n) is 4.19. The average Bonchev–Trinajstić information content (AvgIpc) is 2.90. The molecule has 6 nitrogen and oxygen atoms in total. The third-order valence-corrected chi connectivity index (χ3v) is 4.19. The van der Waals surface area contributed by atoms with Crippen LogP contribution in [0.2, 0.25) is 0 Å². The van der Waals surface area contributed by atoms with Gasteiger partial charge in [-0.05, 0) is 32.4 Å². The largest absolute Gasteiger partial charge is 0.452 e. The number of ether oxygens (including phenoxy) is 1. The van der Waals surface area contributed by atoms with Crippen LogP contribution in [0.3, 0.4) is 0 Å². The molecule has 1 aliphatic rings. The van der Waals surface area contributed by atoms with Gasteiger partial charge in [-0.15, -0.1) is 0 Å². The number of anilines is 1. The van der Waals surface area contributed by atoms with Crippen LogP contribution in [0.4, 0.5) is 5.69 Å². The van der Waals surface area contributed by atoms with E-state index in [0.29, 0.717) is 6.42 Å². The smallest absolute Gasteiger partial charge is 0.306 e. The molecule has 1 aromatic rings. The number of para-hydroxylation sites is 1. The van der Waals surface area contributed by atoms with Crippen LogP contribution < -0.4 is 5.01 Å². The number of hydrazine groups is 1. The summed E-state index contributed by atoms with van der Waals surface area (Å²) in [7, 11) is 0. The number of hydrogen-bond donors (Lipinski definition) is 0. The van der Waals surface area contributed by atoms with E-state index in [4.69, 9.17) is 4.74 Å². The van der Waals surface area contributed by atoms with Crippen LogP contribution in [-0.4, -0.2) is 40.9 Å². The van der Waals surface area contributed by atoms with Gasteiger partial charge in [0.1, 0.15) is 0 Å². The summed E-state index contributed by atoms with van der Waals surface area (Å²) in [5.41, 5.74) is 0.867. The zero-order valence-electron chi connectivity index (χ0n) is 14.6. The third kappa shape index (κ3) is 3.58. The lowest BCUT2D eigenvalue weighted by atomic mass is 10.0. The molecule has 1 heterocycles. The molecule has 0 N–H and O–H groups in total. The fourth-order valence-corrected chi connectivity index (χ4v) is 3.18. The molecule has 130 valence electrons. The lowest BCUT2D eigenvalue weighted by molar-refractivity contribution is -0.159. The summed E-state index contributed by atoms with van der Waals surface area (Å²) in [5.74, 6) is -0.883. The summed E-state index contributed by atoms with van der Waals surface area (Å²) in [6.07, 6.45) is -0.206. The minimum Gasteiger partial charge on any atom is -0.452 e. The maximum absolute atomic E-state index is 12.3. The highest BCUT2D eigenvalue weighted by molar-refractivity contribution is 5.86. The van der Waals surface area contributed by atoms with Crippen molar-refractivity contribution in [3.63, 3.8) is 0 Å². The van der Waals surface area contributed by atoms with E-state index >= 15 is 0 Å². The predicted octanol–water partition coefficient (Wildman–Crippen LogP) is 2.33. The Morgan fingerprint density at radius 1 is 1.21 bits per heavy atom. The van der Waals surface area contributed by atoms with Gasteiger partial charge in [-0.25, -0.2) is 5.01 Å². The van der Waals surface area contributed by atoms with Crippen LogP contribution in [0.1, 0.15) is 40.5 Å². The van der Waals surface area contributed by atoms with E-state index in [2.05, 4.69) is 0 Å². The number of rotatable bonds is 5. The Kier molecular flexibility index (Phi) is 5.59. The number of hydrogen-bond acceptors (Lipinski definition) is 5. The van der Waals surface area contributed by atoms with Gasteiger partial charge >= 0.3 is 5.97 Å². The molecule has 0 unspecified atom stereocenters. The lowest BCUT2D eigenvalue weighted by Gasteiger charge is -2.36. The van der Waals surface area contributed by atoms with Crippen molar-refractivity contribution in [2.45, 2.75) is 58.7 Å². The first-order chi connectivity index (χ1) is 11.4. The van der Waals surface area contributed by atoms with Crippen molar-refractivity contribution in [3.05, 3.63) is 30.3 Å². The average molecular weight is 332 g/mol. The second kappa shape index (κ2) is 7.47. The Bertz CT molecular complexity index is 617. The summed E-state index contributed by atoms with van der Waals surface area (Å²) in [6, 6.07) is 9.03. The van der Waals surface area contributed by atoms with E-state index in [-0.39, 0.29) is 24.2 Å². The van der Waals surface area contributed by atoms with Gasteiger partial charge in [-0.1, -0.05) is 25.1 Å². The molecule has 1 aromatic carbocycles. The highest BCUT2D eigenvalue weighted by Gasteiger charge is 2.46. The summed E-state index contributed by atoms with van der Waals surface area (Å²) < 4.78 is 5.35. The highest BCUT2D eigenvalue weighted by atomic mass is 16.5. The van der Waals surface area contributed by atoms with Crippen LogP contribution in [0.15, 0.2) is 30.3 Å². The molecule has 3 atom stereocenters. The van der Waals surface area contributed by atoms with Crippen molar-refractivity contribution in [1.29, 1.82) is 0 Å². The van der Waals surface area contributed by atoms with Crippen molar-refractivity contribution in [3.8, 4) is 0 Å². The van der Waals surface area contributed by atoms with Crippen molar-refractivity contribution in [2.24, 2.45) is 0 Å². The number of Topliss-reactive ketones (excluding diaryl/α,β-unsaturated/α-hetero) is 1. The second-order valence-electron chi connectivity index (χ2n) is 6.07. The quantitative estimate of drug-likeness (QED) is 0.774. The molecule has 2 rings (SSSR count). The fourth-order valence-electron chi connectivity index (χ4n) is 3.18. The number of ketones is 1. The Morgan fingerprint density at radius 3 is 2.33 bits per heavy atom. The highest BCUT2D eigenvalue weighted by Crippen LogP contribution is 2.33. The van der Waals surface area contributed by atoms with Crippen LogP contribution in [0, 0.1) is 0 Å². The van der Waals surface area contributed by atoms with Gasteiger partial charge in [0, 0.05) is 13.3 Å². The minimum atomic E-state index is -0.947. The summed E-state index contributed by atoms with van der Waals surface area (Å²) in [4.78, 5) is 36.1. The molecule has 1 amide bonds. The summed E-state index contributed by atoms with van der Waals surface area (Å²) >= 11 is 0. The van der Waals surface area contributed by atoms with E-state index in [9.17, 15) is 14.4 Å². The molecule has 0 aliphatic carbocycles. The molecule has 0 bridgehead atoms. The Balaban J connectivity index is 2.37. The Morgan fingerprint density at radius 2 is 1.83 bits per heavy atom. The van der Waals surface area contributed by atoms with Gasteiger partial charge in [-0.3, -0.25) is 19.4 Å². The molecule has 1 fully saturated rings. The molecule has 1 aliphatic heterocycles. The molecule has 24 heavy (non-hydrogen) atoms. The molecular formula is C18H24N2O4. The van der Waals surface area contributed by atoms with E-state index in [1.54, 1.807) is 11.9 Å². The zero-order valence-corrected chi connectivity index (χ0v) is 14.6. The standard InChI is InChI=1S/C18H24N2O4/c1-5-17(23)24-18(13(3)21)16-11-12(2)19(20(16)14(4)22)15-9-7-6-8-10-15/h6-10,12,16,18H,5,11H2,1-4H3/t12-,16-,18-/m1/s1. The first-order valence-corrected chi connectivity index (χ1v) is 8.20. The van der Waals surface area contributed by atoms with Crippen LogP contribution in [0.5, 0.6) is 0 Å². The van der Waals surface area contributed by atoms with Crippen molar-refractivity contribution >= 4 is 23.3 Å². The van der Waals surface area contributed by atoms with Gasteiger partial charge in [0.25, 0.3) is 0 Å². The summed E-state index contributed by atoms with van der Waals surface area (Å²) in [6.45, 7) is 6.51. The first kappa shape index (κ1) is 18.0. The Hall–Kier alpha value is -2.37. The predicted molar refractivity (Wildman–Crippen MR) is 90.2 cm³/mol. The normalized spacial score (nSPS) is 21.5. The molecule has 0 spiro atoms. The number of esters is 1. The molecular weight excluding hydrogens is 308 g/mol. The number of carbonyl (C=O) groups is 3. The zero-order chi connectivity index (χ0) is 17.9. The SMILES string of the molecule is CCC(=O)O[C@H](C(C)=O)[C@H]1C[C@@H](C)N(c2ccccc2)N1C(C)=O. The Labute approximate surface area is 142 Å². The lowest BCUT2D eigenvalue weighted by Crippen LogP contribution is -2.52. The number of benzene rings is 1. The van der Waals surface area contributed by atoms with E-state index in [1.807, 2.05) is 42.3 Å². The number of carbonyl (C=O) groups excluding carboxylic acids is 3. The number of nitrogens with zero attached hydrogens (tertiary/aromatic N) is 2. The molecule has 6 heteroatoms. The topological polar surface area (TPSA) is 66.9 Å². The van der Waals surface area contributed by atoms with Gasteiger partial charge in [-0.2, -0.15) is 0 Å². The fraction of sp³-hybridized carbons (Fsp3) is 0.500. The van der Waals surface area contributed by atoms with Crippen molar-refractivity contribution < 1.29 is 19.1 Å². The second-order valence-corrected chi connectivity index (χ2v) is 6.07. The molecule has 0 aromatic heterocycles. The van der Waals surface area contributed by atoms with Gasteiger partial charge in [0.15, 0.2) is 11.9 Å². The minimum absolute atomic E-state index is 0.00322. The van der Waals surface area contributed by atoms with Gasteiger partial charge in [0.2, 0.25) is 5.91 Å². The summed E-state index contributed by atoms with van der Waals surface area (Å²) in [5, 5.41) is 3.43. The maximum atomic E-state index is 12.3.